The first-order valence-corrected chi connectivity index (χ1v) is 13.9. The van der Waals surface area contributed by atoms with Crippen molar-refractivity contribution in [2.45, 2.75) is 63.1 Å². The summed E-state index contributed by atoms with van der Waals surface area (Å²) in [5.74, 6) is -2.60. The summed E-state index contributed by atoms with van der Waals surface area (Å²) in [6.45, 7) is 3.96. The van der Waals surface area contributed by atoms with Gasteiger partial charge in [0.2, 0.25) is 17.7 Å². The number of aromatic nitrogens is 3. The molecule has 6 atom stereocenters. The molecule has 3 aliphatic heterocycles. The largest absolute Gasteiger partial charge is 0.394 e. The van der Waals surface area contributed by atoms with Gasteiger partial charge in [-0.15, -0.1) is 5.10 Å². The van der Waals surface area contributed by atoms with Gasteiger partial charge in [0.05, 0.1) is 35.6 Å². The molecule has 6 rings (SSSR count). The maximum Gasteiger partial charge on any atom is 0.247 e. The summed E-state index contributed by atoms with van der Waals surface area (Å²) in [4.78, 5) is 43.4. The van der Waals surface area contributed by atoms with E-state index in [0.717, 1.165) is 11.9 Å². The Kier molecular flexibility index (Phi) is 6.58. The van der Waals surface area contributed by atoms with E-state index in [1.54, 1.807) is 4.68 Å². The Morgan fingerprint density at radius 1 is 1.10 bits per heavy atom. The molecule has 40 heavy (non-hydrogen) atoms. The molecule has 11 heteroatoms. The molecule has 2 aromatic carbocycles. The highest BCUT2D eigenvalue weighted by molar-refractivity contribution is 5.99. The zero-order valence-corrected chi connectivity index (χ0v) is 22.6. The quantitative estimate of drug-likeness (QED) is 0.370. The Morgan fingerprint density at radius 2 is 1.85 bits per heavy atom. The monoisotopic (exact) mass is 546 g/mol. The molecule has 0 aliphatic carbocycles. The summed E-state index contributed by atoms with van der Waals surface area (Å²) >= 11 is 0. The molecule has 3 N–H and O–H groups in total. The van der Waals surface area contributed by atoms with Gasteiger partial charge in [-0.05, 0) is 43.9 Å². The lowest BCUT2D eigenvalue weighted by Crippen LogP contribution is -2.56. The van der Waals surface area contributed by atoms with Crippen LogP contribution in [-0.2, 0) is 25.8 Å². The van der Waals surface area contributed by atoms with E-state index in [9.17, 15) is 19.5 Å². The molecule has 4 heterocycles. The van der Waals surface area contributed by atoms with Crippen LogP contribution in [-0.4, -0.2) is 73.1 Å². The summed E-state index contributed by atoms with van der Waals surface area (Å²) in [6.07, 6.45) is 1.75. The van der Waals surface area contributed by atoms with Crippen molar-refractivity contribution in [3.63, 3.8) is 0 Å². The molecule has 11 nitrogen and oxygen atoms in total. The lowest BCUT2D eigenvalue weighted by molar-refractivity contribution is -0.150. The first-order valence-electron chi connectivity index (χ1n) is 13.9. The molecule has 3 saturated heterocycles. The number of hydrogen-bond donors (Lipinski definition) is 3. The average Bonchev–Trinajstić information content (AvgIpc) is 3.67. The Labute approximate surface area is 231 Å². The van der Waals surface area contributed by atoms with E-state index < -0.39 is 41.0 Å². The second-order valence-electron chi connectivity index (χ2n) is 11.1. The molecule has 3 aliphatic rings. The highest BCUT2D eigenvalue weighted by Gasteiger charge is 2.78. The van der Waals surface area contributed by atoms with E-state index in [-0.39, 0.29) is 25.1 Å². The number of ether oxygens (including phenoxy) is 1. The Bertz CT molecular complexity index is 1440. The number of para-hydroxylation sites is 1. The smallest absolute Gasteiger partial charge is 0.247 e. The third kappa shape index (κ3) is 3.90. The molecule has 1 aromatic heterocycles. The van der Waals surface area contributed by atoms with Crippen LogP contribution in [0.15, 0.2) is 54.6 Å². The number of nitrogens with zero attached hydrogens (tertiary/aromatic N) is 4. The molecule has 2 unspecified atom stereocenters. The van der Waals surface area contributed by atoms with E-state index >= 15 is 0 Å². The van der Waals surface area contributed by atoms with Crippen LogP contribution in [0.25, 0.3) is 11.0 Å². The minimum absolute atomic E-state index is 0.0332. The van der Waals surface area contributed by atoms with E-state index in [2.05, 4.69) is 20.9 Å². The molecule has 0 radical (unpaired) electrons. The molecule has 0 saturated carbocycles. The van der Waals surface area contributed by atoms with E-state index in [1.807, 2.05) is 68.4 Å². The van der Waals surface area contributed by atoms with Crippen LogP contribution in [0.2, 0.25) is 0 Å². The van der Waals surface area contributed by atoms with Crippen LogP contribution in [0, 0.1) is 11.8 Å². The van der Waals surface area contributed by atoms with Gasteiger partial charge in [0.15, 0.2) is 0 Å². The number of benzene rings is 2. The normalized spacial score (nSPS) is 29.5. The maximum atomic E-state index is 14.3. The van der Waals surface area contributed by atoms with Gasteiger partial charge in [-0.1, -0.05) is 54.6 Å². The van der Waals surface area contributed by atoms with E-state index in [0.29, 0.717) is 30.5 Å². The predicted octanol–water partition coefficient (Wildman–Crippen LogP) is 1.53. The number of likely N-dealkylation sites (tertiary alicyclic amines) is 1. The molecular formula is C29H34N6O5. The lowest BCUT2D eigenvalue weighted by atomic mass is 9.66. The van der Waals surface area contributed by atoms with Crippen molar-refractivity contribution < 1.29 is 24.2 Å². The number of rotatable bonds is 9. The molecule has 210 valence electrons. The summed E-state index contributed by atoms with van der Waals surface area (Å²) in [6, 6.07) is 14.7. The molecule has 3 amide bonds. The Morgan fingerprint density at radius 3 is 2.60 bits per heavy atom. The third-order valence-corrected chi connectivity index (χ3v) is 8.81. The van der Waals surface area contributed by atoms with Gasteiger partial charge in [-0.25, -0.2) is 4.68 Å². The standard InChI is InChI=1S/C29H34N6O5/c1-3-15-30-25(37)22-23-27(39)35(21(16-36)18-9-5-4-6-10-18)24(29(23)14-13-28(22,2)40-29)26(38)31-17-34-20-12-8-7-11-19(20)32-33-34/h4-12,21-24,36H,3,13-17H2,1-2H3,(H,30,37)(H,31,38)/t21-,22+,23+,24?,28-,29?/m1/s1. The summed E-state index contributed by atoms with van der Waals surface area (Å²) in [5.41, 5.74) is 0.0870. The number of carbonyl (C=O) groups is 3. The van der Waals surface area contributed by atoms with Gasteiger partial charge in [0, 0.05) is 6.54 Å². The Balaban J connectivity index is 1.38. The van der Waals surface area contributed by atoms with Gasteiger partial charge in [-0.2, -0.15) is 0 Å². The number of fused-ring (bicyclic) bond motifs is 2. The topological polar surface area (TPSA) is 139 Å². The zero-order valence-electron chi connectivity index (χ0n) is 22.6. The molecule has 2 bridgehead atoms. The highest BCUT2D eigenvalue weighted by Crippen LogP contribution is 2.64. The molecule has 3 fully saturated rings. The molecule has 1 spiro atoms. The Hall–Kier alpha value is -3.83. The second-order valence-corrected chi connectivity index (χ2v) is 11.1. The van der Waals surface area contributed by atoms with Crippen LogP contribution in [0.3, 0.4) is 0 Å². The zero-order chi connectivity index (χ0) is 28.1. The van der Waals surface area contributed by atoms with Crippen LogP contribution in [0.5, 0.6) is 0 Å². The van der Waals surface area contributed by atoms with Crippen molar-refractivity contribution >= 4 is 28.8 Å². The summed E-state index contributed by atoms with van der Waals surface area (Å²) in [7, 11) is 0. The fourth-order valence-corrected chi connectivity index (χ4v) is 7.07. The summed E-state index contributed by atoms with van der Waals surface area (Å²) < 4.78 is 8.24. The average molecular weight is 547 g/mol. The first kappa shape index (κ1) is 26.4. The van der Waals surface area contributed by atoms with Crippen LogP contribution < -0.4 is 10.6 Å². The van der Waals surface area contributed by atoms with Gasteiger partial charge in [-0.3, -0.25) is 14.4 Å². The third-order valence-electron chi connectivity index (χ3n) is 8.81. The summed E-state index contributed by atoms with van der Waals surface area (Å²) in [5, 5.41) is 24.8. The van der Waals surface area contributed by atoms with Gasteiger partial charge in [0.1, 0.15) is 23.8 Å². The first-order chi connectivity index (χ1) is 19.3. The van der Waals surface area contributed by atoms with Crippen molar-refractivity contribution in [2.75, 3.05) is 13.2 Å². The van der Waals surface area contributed by atoms with E-state index in [1.165, 1.54) is 4.90 Å². The van der Waals surface area contributed by atoms with Gasteiger partial charge >= 0.3 is 0 Å². The van der Waals surface area contributed by atoms with Crippen LogP contribution in [0.4, 0.5) is 0 Å². The van der Waals surface area contributed by atoms with Crippen molar-refractivity contribution in [1.29, 1.82) is 0 Å². The second kappa shape index (κ2) is 9.97. The number of aliphatic hydroxyl groups is 1. The van der Waals surface area contributed by atoms with Crippen molar-refractivity contribution in [1.82, 2.24) is 30.5 Å². The number of amides is 3. The number of hydrogen-bond acceptors (Lipinski definition) is 7. The van der Waals surface area contributed by atoms with Gasteiger partial charge in [0.25, 0.3) is 0 Å². The van der Waals surface area contributed by atoms with Crippen LogP contribution >= 0.6 is 0 Å². The highest BCUT2D eigenvalue weighted by atomic mass is 16.5. The maximum absolute atomic E-state index is 14.3. The fourth-order valence-electron chi connectivity index (χ4n) is 7.07. The fraction of sp³-hybridized carbons (Fsp3) is 0.483. The predicted molar refractivity (Wildman–Crippen MR) is 144 cm³/mol. The van der Waals surface area contributed by atoms with Crippen molar-refractivity contribution in [3.05, 3.63) is 60.2 Å². The SMILES string of the molecule is CCCNC(=O)[C@@H]1[C@H]2C(=O)N([C@H](CO)c3ccccc3)C(C(=O)NCn3nnc4ccccc43)C23CC[C@@]1(C)O3. The van der Waals surface area contributed by atoms with E-state index in [4.69, 9.17) is 4.74 Å². The molecule has 3 aromatic rings. The molecular weight excluding hydrogens is 512 g/mol. The van der Waals surface area contributed by atoms with Gasteiger partial charge < -0.3 is 25.4 Å². The van der Waals surface area contributed by atoms with Crippen molar-refractivity contribution in [2.24, 2.45) is 11.8 Å². The van der Waals surface area contributed by atoms with Crippen molar-refractivity contribution in [3.8, 4) is 0 Å². The minimum atomic E-state index is -1.20. The van der Waals surface area contributed by atoms with Crippen LogP contribution in [0.1, 0.15) is 44.7 Å². The number of nitrogens with one attached hydrogen (secondary N) is 2. The number of carbonyl (C=O) groups excluding carboxylic acids is 3. The minimum Gasteiger partial charge on any atom is -0.394 e. The lowest BCUT2D eigenvalue weighted by Gasteiger charge is -2.37. The number of aliphatic hydroxyl groups excluding tert-OH is 1.